The van der Waals surface area contributed by atoms with E-state index >= 15 is 0 Å². The summed E-state index contributed by atoms with van der Waals surface area (Å²) in [5.74, 6) is 0. The lowest BCUT2D eigenvalue weighted by Crippen LogP contribution is -2.27. The predicted molar refractivity (Wildman–Crippen MR) is 223 cm³/mol. The van der Waals surface area contributed by atoms with E-state index in [1.807, 2.05) is 0 Å². The first-order chi connectivity index (χ1) is 25.6. The van der Waals surface area contributed by atoms with Crippen molar-refractivity contribution < 1.29 is 0 Å². The topological polar surface area (TPSA) is 3.24 Å². The molecule has 0 N–H and O–H groups in total. The minimum absolute atomic E-state index is 0.0241. The van der Waals surface area contributed by atoms with Crippen molar-refractivity contribution in [2.45, 2.75) is 64.2 Å². The van der Waals surface area contributed by atoms with Crippen LogP contribution in [0.4, 0.5) is 17.1 Å². The van der Waals surface area contributed by atoms with Crippen molar-refractivity contribution in [2.75, 3.05) is 4.90 Å². The van der Waals surface area contributed by atoms with Gasteiger partial charge in [0.05, 0.1) is 5.69 Å². The lowest BCUT2D eigenvalue weighted by atomic mass is 9.70. The molecule has 0 saturated carbocycles. The van der Waals surface area contributed by atoms with Crippen molar-refractivity contribution in [1.29, 1.82) is 0 Å². The van der Waals surface area contributed by atoms with E-state index in [4.69, 9.17) is 0 Å². The lowest BCUT2D eigenvalue weighted by Gasteiger charge is -2.33. The lowest BCUT2D eigenvalue weighted by molar-refractivity contribution is 0.448. The first kappa shape index (κ1) is 32.0. The Morgan fingerprint density at radius 3 is 1.64 bits per heavy atom. The third-order valence-electron chi connectivity index (χ3n) is 12.9. The molecule has 7 aromatic carbocycles. The summed E-state index contributed by atoms with van der Waals surface area (Å²) in [5, 5.41) is 0. The Kier molecular flexibility index (Phi) is 6.75. The molecular formula is C52H45N. The zero-order valence-corrected chi connectivity index (χ0v) is 31.6. The van der Waals surface area contributed by atoms with Crippen LogP contribution in [0.3, 0.4) is 0 Å². The van der Waals surface area contributed by atoms with Crippen LogP contribution in [0.2, 0.25) is 0 Å². The van der Waals surface area contributed by atoms with Gasteiger partial charge in [-0.05, 0) is 128 Å². The highest BCUT2D eigenvalue weighted by Crippen LogP contribution is 2.64. The molecule has 53 heavy (non-hydrogen) atoms. The Hall–Kier alpha value is -5.66. The smallest absolute Gasteiger partial charge is 0.0540 e. The largest absolute Gasteiger partial charge is 0.310 e. The Morgan fingerprint density at radius 2 is 0.943 bits per heavy atom. The van der Waals surface area contributed by atoms with Crippen LogP contribution < -0.4 is 4.90 Å². The summed E-state index contributed by atoms with van der Waals surface area (Å²) in [6.45, 7) is 14.3. The fraction of sp³-hybridized carbons (Fsp3) is 0.192. The van der Waals surface area contributed by atoms with Gasteiger partial charge in [0.15, 0.2) is 0 Å². The van der Waals surface area contributed by atoms with E-state index in [2.05, 4.69) is 198 Å². The monoisotopic (exact) mass is 683 g/mol. The fourth-order valence-corrected chi connectivity index (χ4v) is 10.8. The molecule has 1 spiro atoms. The summed E-state index contributed by atoms with van der Waals surface area (Å²) in [7, 11) is 0. The Labute approximate surface area is 314 Å². The number of aryl methyl sites for hydroxylation is 2. The predicted octanol–water partition coefficient (Wildman–Crippen LogP) is 13.7. The third kappa shape index (κ3) is 4.37. The number of anilines is 3. The number of nitrogens with zero attached hydrogens (tertiary/aromatic N) is 1. The molecule has 1 heteroatoms. The van der Waals surface area contributed by atoms with E-state index in [-0.39, 0.29) is 16.2 Å². The minimum atomic E-state index is -0.233. The first-order valence-corrected chi connectivity index (χ1v) is 19.2. The highest BCUT2D eigenvalue weighted by molar-refractivity contribution is 5.93. The average Bonchev–Trinajstić information content (AvgIpc) is 3.70. The molecule has 1 nitrogen and oxygen atoms in total. The summed E-state index contributed by atoms with van der Waals surface area (Å²) in [6, 6.07) is 57.2. The number of fused-ring (bicyclic) bond motifs is 10. The van der Waals surface area contributed by atoms with Crippen LogP contribution in [0.15, 0.2) is 152 Å². The van der Waals surface area contributed by atoms with E-state index in [1.54, 1.807) is 0 Å². The summed E-state index contributed by atoms with van der Waals surface area (Å²) < 4.78 is 0. The van der Waals surface area contributed by atoms with Gasteiger partial charge >= 0.3 is 0 Å². The first-order valence-electron chi connectivity index (χ1n) is 19.2. The maximum absolute atomic E-state index is 2.55. The van der Waals surface area contributed by atoms with E-state index in [0.29, 0.717) is 0 Å². The third-order valence-corrected chi connectivity index (χ3v) is 12.9. The maximum Gasteiger partial charge on any atom is 0.0540 e. The van der Waals surface area contributed by atoms with Gasteiger partial charge in [-0.1, -0.05) is 149 Å². The SMILES string of the molecule is Cc1ccc(C)c2c1C(C)(C)CC21c2ccccc2-c2ccc(N(c3ccc4c(c3)C(C)(C)c3ccccc3-4)c3ccccc3-c3ccccc3)cc21. The second-order valence-electron chi connectivity index (χ2n) is 16.8. The number of para-hydroxylation sites is 1. The molecule has 7 aromatic rings. The normalized spacial score (nSPS) is 17.9. The van der Waals surface area contributed by atoms with E-state index < -0.39 is 0 Å². The molecule has 3 aliphatic carbocycles. The Morgan fingerprint density at radius 1 is 0.434 bits per heavy atom. The summed E-state index contributed by atoms with van der Waals surface area (Å²) in [6.07, 6.45) is 1.04. The van der Waals surface area contributed by atoms with Crippen molar-refractivity contribution in [1.82, 2.24) is 0 Å². The second kappa shape index (κ2) is 11.2. The van der Waals surface area contributed by atoms with Crippen LogP contribution in [0.25, 0.3) is 33.4 Å². The van der Waals surface area contributed by atoms with Gasteiger partial charge in [0.25, 0.3) is 0 Å². The molecule has 1 atom stereocenters. The number of rotatable bonds is 4. The van der Waals surface area contributed by atoms with Crippen LogP contribution >= 0.6 is 0 Å². The molecule has 0 fully saturated rings. The molecule has 10 rings (SSSR count). The molecule has 0 heterocycles. The van der Waals surface area contributed by atoms with Crippen molar-refractivity contribution in [3.8, 4) is 33.4 Å². The number of benzene rings is 7. The molecule has 258 valence electrons. The van der Waals surface area contributed by atoms with Crippen molar-refractivity contribution in [3.63, 3.8) is 0 Å². The summed E-state index contributed by atoms with van der Waals surface area (Å²) in [4.78, 5) is 2.53. The van der Waals surface area contributed by atoms with Gasteiger partial charge in [0.2, 0.25) is 0 Å². The minimum Gasteiger partial charge on any atom is -0.310 e. The van der Waals surface area contributed by atoms with Crippen molar-refractivity contribution >= 4 is 17.1 Å². The molecule has 1 unspecified atom stereocenters. The molecule has 3 aliphatic rings. The van der Waals surface area contributed by atoms with Crippen LogP contribution in [0.5, 0.6) is 0 Å². The van der Waals surface area contributed by atoms with E-state index in [9.17, 15) is 0 Å². The average molecular weight is 684 g/mol. The molecule has 0 aromatic heterocycles. The Balaban J connectivity index is 1.25. The second-order valence-corrected chi connectivity index (χ2v) is 16.8. The van der Waals surface area contributed by atoms with Gasteiger partial charge in [-0.3, -0.25) is 0 Å². The van der Waals surface area contributed by atoms with Crippen LogP contribution in [-0.4, -0.2) is 0 Å². The van der Waals surface area contributed by atoms with Crippen LogP contribution in [0, 0.1) is 13.8 Å². The van der Waals surface area contributed by atoms with E-state index in [0.717, 1.165) is 6.42 Å². The zero-order chi connectivity index (χ0) is 36.3. The molecule has 0 aliphatic heterocycles. The highest BCUT2D eigenvalue weighted by Gasteiger charge is 2.55. The number of hydrogen-bond donors (Lipinski definition) is 0. The molecular weight excluding hydrogens is 639 g/mol. The molecule has 0 saturated heterocycles. The fourth-order valence-electron chi connectivity index (χ4n) is 10.8. The van der Waals surface area contributed by atoms with Crippen LogP contribution in [0.1, 0.15) is 78.6 Å². The summed E-state index contributed by atoms with van der Waals surface area (Å²) >= 11 is 0. The van der Waals surface area contributed by atoms with Gasteiger partial charge in [-0.25, -0.2) is 0 Å². The number of hydrogen-bond acceptors (Lipinski definition) is 1. The van der Waals surface area contributed by atoms with Gasteiger partial charge in [0.1, 0.15) is 0 Å². The van der Waals surface area contributed by atoms with E-state index in [1.165, 1.54) is 95.0 Å². The van der Waals surface area contributed by atoms with Gasteiger partial charge < -0.3 is 4.90 Å². The van der Waals surface area contributed by atoms with Gasteiger partial charge in [-0.2, -0.15) is 0 Å². The Bertz CT molecular complexity index is 2620. The molecule has 0 amide bonds. The molecule has 0 radical (unpaired) electrons. The zero-order valence-electron chi connectivity index (χ0n) is 31.6. The van der Waals surface area contributed by atoms with Crippen LogP contribution in [-0.2, 0) is 16.2 Å². The standard InChI is InChI=1S/C52H45N/c1-33-24-25-34(2)49-48(33)50(3,4)32-52(49)44-22-14-11-20-40(44)42-29-27-37(31-46(42)52)53(47-23-15-12-18-38(47)35-16-8-7-9-17-35)36-26-28-41-39-19-10-13-21-43(39)51(5,6)45(41)30-36/h7-31H,32H2,1-6H3. The summed E-state index contributed by atoms with van der Waals surface area (Å²) in [5.41, 5.74) is 22.5. The highest BCUT2D eigenvalue weighted by atomic mass is 15.1. The van der Waals surface area contributed by atoms with Gasteiger partial charge in [-0.15, -0.1) is 0 Å². The quantitative estimate of drug-likeness (QED) is 0.178. The van der Waals surface area contributed by atoms with Gasteiger partial charge in [0, 0.05) is 27.8 Å². The maximum atomic E-state index is 2.55. The van der Waals surface area contributed by atoms with Crippen molar-refractivity contribution in [3.05, 3.63) is 196 Å². The van der Waals surface area contributed by atoms with Crippen molar-refractivity contribution in [2.24, 2.45) is 0 Å². The molecule has 0 bridgehead atoms.